The summed E-state index contributed by atoms with van der Waals surface area (Å²) >= 11 is 0. The summed E-state index contributed by atoms with van der Waals surface area (Å²) in [4.78, 5) is 2.59. The van der Waals surface area contributed by atoms with E-state index in [9.17, 15) is 0 Å². The van der Waals surface area contributed by atoms with Gasteiger partial charge in [0, 0.05) is 0 Å². The maximum absolute atomic E-state index is 5.72. The summed E-state index contributed by atoms with van der Waals surface area (Å²) in [5.41, 5.74) is 1.44. The van der Waals surface area contributed by atoms with Gasteiger partial charge in [-0.1, -0.05) is 36.8 Å². The number of benzene rings is 1. The van der Waals surface area contributed by atoms with E-state index < -0.39 is 0 Å². The van der Waals surface area contributed by atoms with Crippen LogP contribution in [0.5, 0.6) is 0 Å². The van der Waals surface area contributed by atoms with Gasteiger partial charge < -0.3 is 9.47 Å². The van der Waals surface area contributed by atoms with Crippen LogP contribution in [0.25, 0.3) is 0 Å². The average Bonchev–Trinajstić information content (AvgIpc) is 3.03. The lowest BCUT2D eigenvalue weighted by atomic mass is 10.0. The van der Waals surface area contributed by atoms with Crippen LogP contribution in [0.15, 0.2) is 30.3 Å². The van der Waals surface area contributed by atoms with E-state index in [0.717, 1.165) is 26.2 Å². The molecule has 1 atom stereocenters. The van der Waals surface area contributed by atoms with Gasteiger partial charge in [-0.25, -0.2) is 0 Å². The van der Waals surface area contributed by atoms with E-state index in [1.165, 1.54) is 37.8 Å². The van der Waals surface area contributed by atoms with Crippen LogP contribution < -0.4 is 0 Å². The van der Waals surface area contributed by atoms with Gasteiger partial charge >= 0.3 is 0 Å². The van der Waals surface area contributed by atoms with E-state index in [4.69, 9.17) is 9.47 Å². The molecule has 2 aliphatic heterocycles. The number of piperidine rings is 1. The molecule has 118 valence electrons. The van der Waals surface area contributed by atoms with E-state index in [-0.39, 0.29) is 23.3 Å². The van der Waals surface area contributed by atoms with Gasteiger partial charge in [0.15, 0.2) is 6.29 Å². The third kappa shape index (κ3) is 4.78. The quantitative estimate of drug-likeness (QED) is 0.807. The van der Waals surface area contributed by atoms with Crippen molar-refractivity contribution in [3.8, 4) is 0 Å². The van der Waals surface area contributed by atoms with Crippen molar-refractivity contribution in [1.29, 1.82) is 0 Å². The molecule has 0 spiro atoms. The van der Waals surface area contributed by atoms with Crippen molar-refractivity contribution < 1.29 is 9.47 Å². The third-order valence-corrected chi connectivity index (χ3v) is 4.38. The lowest BCUT2D eigenvalue weighted by Gasteiger charge is -2.38. The van der Waals surface area contributed by atoms with Gasteiger partial charge in [-0.05, 0) is 44.3 Å². The molecule has 3 rings (SSSR count). The minimum atomic E-state index is 0. The lowest BCUT2D eigenvalue weighted by Crippen LogP contribution is -2.47. The zero-order chi connectivity index (χ0) is 13.6. The predicted octanol–water partition coefficient (Wildman–Crippen LogP) is 3.42. The van der Waals surface area contributed by atoms with Crippen molar-refractivity contribution in [1.82, 2.24) is 4.90 Å². The largest absolute Gasteiger partial charge is 0.349 e. The fraction of sp³-hybridized carbons (Fsp3) is 0.647. The summed E-state index contributed by atoms with van der Waals surface area (Å²) in [6.45, 7) is 3.88. The molecule has 0 aliphatic carbocycles. The first kappa shape index (κ1) is 16.9. The Morgan fingerprint density at radius 2 is 1.81 bits per heavy atom. The molecular weight excluding hydrogens is 330 g/mol. The smallest absolute Gasteiger partial charge is 0.173 e. The van der Waals surface area contributed by atoms with Crippen LogP contribution in [-0.4, -0.2) is 43.5 Å². The summed E-state index contributed by atoms with van der Waals surface area (Å²) in [7, 11) is 0. The van der Waals surface area contributed by atoms with Crippen LogP contribution in [0, 0.1) is 0 Å². The normalized spacial score (nSPS) is 23.9. The van der Waals surface area contributed by atoms with E-state index >= 15 is 0 Å². The first-order valence-corrected chi connectivity index (χ1v) is 7.95. The molecule has 3 nitrogen and oxygen atoms in total. The summed E-state index contributed by atoms with van der Waals surface area (Å²) in [5.74, 6) is 0. The molecule has 0 saturated carbocycles. The molecule has 2 aliphatic rings. The van der Waals surface area contributed by atoms with Gasteiger partial charge in [0.05, 0.1) is 19.3 Å². The summed E-state index contributed by atoms with van der Waals surface area (Å²) in [6, 6.07) is 11.2. The molecule has 0 bridgehead atoms. The Balaban J connectivity index is 0.00000161. The molecule has 21 heavy (non-hydrogen) atoms. The predicted molar refractivity (Wildman–Crippen MR) is 90.0 cm³/mol. The highest BCUT2D eigenvalue weighted by Crippen LogP contribution is 2.24. The van der Waals surface area contributed by atoms with Crippen molar-refractivity contribution in [2.45, 2.75) is 44.4 Å². The molecule has 0 N–H and O–H groups in total. The number of halogens is 1. The van der Waals surface area contributed by atoms with Crippen LogP contribution in [0.2, 0.25) is 0 Å². The fourth-order valence-electron chi connectivity index (χ4n) is 3.33. The van der Waals surface area contributed by atoms with Crippen molar-refractivity contribution >= 4 is 17.0 Å². The van der Waals surface area contributed by atoms with E-state index in [0.29, 0.717) is 6.04 Å². The molecule has 1 aromatic rings. The molecule has 0 radical (unpaired) electrons. The van der Waals surface area contributed by atoms with Gasteiger partial charge in [-0.15, -0.1) is 17.0 Å². The highest BCUT2D eigenvalue weighted by molar-refractivity contribution is 8.93. The monoisotopic (exact) mass is 355 g/mol. The number of ether oxygens (including phenoxy) is 2. The lowest BCUT2D eigenvalue weighted by molar-refractivity contribution is -0.109. The Hall–Kier alpha value is -0.420. The number of hydrogen-bond donors (Lipinski definition) is 0. The van der Waals surface area contributed by atoms with E-state index in [2.05, 4.69) is 35.2 Å². The Labute approximate surface area is 138 Å². The Bertz CT molecular complexity index is 395. The summed E-state index contributed by atoms with van der Waals surface area (Å²) in [6.07, 6.45) is 6.24. The minimum absolute atomic E-state index is 0. The van der Waals surface area contributed by atoms with Gasteiger partial charge in [-0.2, -0.15) is 0 Å². The first-order valence-electron chi connectivity index (χ1n) is 7.95. The summed E-state index contributed by atoms with van der Waals surface area (Å²) < 4.78 is 11.4. The second-order valence-electron chi connectivity index (χ2n) is 5.80. The standard InChI is InChI=1S/C17H25NO2.BrH/c1-2-7-15(8-3-1)9-6-12-18-11-5-4-10-16(18)17-19-13-14-20-17;/h1-3,7-8,16-17H,4-6,9-14H2;1H. The molecular formula is C17H26BrNO2. The molecule has 1 unspecified atom stereocenters. The molecule has 2 heterocycles. The second kappa shape index (κ2) is 8.89. The van der Waals surface area contributed by atoms with E-state index in [1.807, 2.05) is 0 Å². The summed E-state index contributed by atoms with van der Waals surface area (Å²) in [5, 5.41) is 0. The maximum Gasteiger partial charge on any atom is 0.173 e. The third-order valence-electron chi connectivity index (χ3n) is 4.38. The minimum Gasteiger partial charge on any atom is -0.349 e. The average molecular weight is 356 g/mol. The molecule has 0 amide bonds. The SMILES string of the molecule is Br.c1ccc(CCCN2CCCCC2C2OCCO2)cc1. The zero-order valence-electron chi connectivity index (χ0n) is 12.6. The topological polar surface area (TPSA) is 21.7 Å². The number of likely N-dealkylation sites (tertiary alicyclic amines) is 1. The number of hydrogen-bond acceptors (Lipinski definition) is 3. The van der Waals surface area contributed by atoms with Gasteiger partial charge in [0.1, 0.15) is 0 Å². The molecule has 4 heteroatoms. The van der Waals surface area contributed by atoms with Crippen LogP contribution in [0.1, 0.15) is 31.2 Å². The Kier molecular flexibility index (Phi) is 7.17. The number of rotatable bonds is 5. The van der Waals surface area contributed by atoms with Crippen LogP contribution in [0.3, 0.4) is 0 Å². The highest BCUT2D eigenvalue weighted by atomic mass is 79.9. The number of aryl methyl sites for hydroxylation is 1. The van der Waals surface area contributed by atoms with Crippen LogP contribution >= 0.6 is 17.0 Å². The van der Waals surface area contributed by atoms with Crippen molar-refractivity contribution in [2.75, 3.05) is 26.3 Å². The Morgan fingerprint density at radius 3 is 2.57 bits per heavy atom. The number of nitrogens with zero attached hydrogens (tertiary/aromatic N) is 1. The maximum atomic E-state index is 5.72. The van der Waals surface area contributed by atoms with Crippen molar-refractivity contribution in [3.63, 3.8) is 0 Å². The van der Waals surface area contributed by atoms with E-state index in [1.54, 1.807) is 0 Å². The molecule has 2 fully saturated rings. The zero-order valence-corrected chi connectivity index (χ0v) is 14.3. The van der Waals surface area contributed by atoms with Gasteiger partial charge in [-0.3, -0.25) is 4.90 Å². The molecule has 2 saturated heterocycles. The molecule has 1 aromatic carbocycles. The first-order chi connectivity index (χ1) is 9.93. The van der Waals surface area contributed by atoms with Crippen LogP contribution in [0.4, 0.5) is 0 Å². The van der Waals surface area contributed by atoms with Crippen LogP contribution in [-0.2, 0) is 15.9 Å². The highest BCUT2D eigenvalue weighted by Gasteiger charge is 2.33. The van der Waals surface area contributed by atoms with Crippen molar-refractivity contribution in [3.05, 3.63) is 35.9 Å². The molecule has 0 aromatic heterocycles. The van der Waals surface area contributed by atoms with Gasteiger partial charge in [0.2, 0.25) is 0 Å². The second-order valence-corrected chi connectivity index (χ2v) is 5.80. The van der Waals surface area contributed by atoms with Crippen molar-refractivity contribution in [2.24, 2.45) is 0 Å². The van der Waals surface area contributed by atoms with Gasteiger partial charge in [0.25, 0.3) is 0 Å². The Morgan fingerprint density at radius 1 is 1.05 bits per heavy atom. The fourth-order valence-corrected chi connectivity index (χ4v) is 3.33.